The van der Waals surface area contributed by atoms with Crippen LogP contribution in [0.15, 0.2) is 78.9 Å². The molecular formula is C23H17NO4. The molecule has 2 amide bonds. The zero-order chi connectivity index (χ0) is 19.7. The molecule has 0 saturated heterocycles. The van der Waals surface area contributed by atoms with Crippen LogP contribution >= 0.6 is 0 Å². The normalized spacial score (nSPS) is 14.0. The van der Waals surface area contributed by atoms with E-state index in [0.29, 0.717) is 16.9 Å². The second-order valence-corrected chi connectivity index (χ2v) is 6.51. The van der Waals surface area contributed by atoms with Gasteiger partial charge in [0.2, 0.25) is 0 Å². The van der Waals surface area contributed by atoms with Crippen LogP contribution in [0, 0.1) is 0 Å². The van der Waals surface area contributed by atoms with Crippen LogP contribution in [0.2, 0.25) is 0 Å². The minimum Gasteiger partial charge on any atom is -0.425 e. The summed E-state index contributed by atoms with van der Waals surface area (Å²) < 4.78 is 5.39. The average molecular weight is 371 g/mol. The maximum absolute atomic E-state index is 12.5. The molecule has 1 atom stereocenters. The quantitative estimate of drug-likeness (QED) is 0.396. The van der Waals surface area contributed by atoms with Crippen molar-refractivity contribution in [2.45, 2.75) is 13.0 Å². The van der Waals surface area contributed by atoms with Crippen molar-refractivity contribution in [3.63, 3.8) is 0 Å². The highest BCUT2D eigenvalue weighted by Crippen LogP contribution is 2.26. The Morgan fingerprint density at radius 2 is 1.25 bits per heavy atom. The predicted molar refractivity (Wildman–Crippen MR) is 104 cm³/mol. The van der Waals surface area contributed by atoms with Crippen LogP contribution in [0.4, 0.5) is 0 Å². The highest BCUT2D eigenvalue weighted by molar-refractivity contribution is 6.22. The summed E-state index contributed by atoms with van der Waals surface area (Å²) in [5.41, 5.74) is 2.66. The third-order valence-corrected chi connectivity index (χ3v) is 4.73. The number of hydrogen-bond acceptors (Lipinski definition) is 4. The fourth-order valence-corrected chi connectivity index (χ4v) is 3.21. The van der Waals surface area contributed by atoms with Gasteiger partial charge in [0.1, 0.15) is 11.8 Å². The van der Waals surface area contributed by atoms with Crippen LogP contribution < -0.4 is 4.74 Å². The largest absolute Gasteiger partial charge is 0.425 e. The highest BCUT2D eigenvalue weighted by Gasteiger charge is 2.41. The molecule has 0 saturated carbocycles. The molecule has 4 rings (SSSR count). The van der Waals surface area contributed by atoms with Crippen molar-refractivity contribution in [2.24, 2.45) is 0 Å². The Balaban J connectivity index is 1.48. The number of carbonyl (C=O) groups is 3. The molecular weight excluding hydrogens is 354 g/mol. The summed E-state index contributed by atoms with van der Waals surface area (Å²) in [6.45, 7) is 1.49. The number of imide groups is 1. The number of fused-ring (bicyclic) bond motifs is 1. The third kappa shape index (κ3) is 3.07. The first-order valence-electron chi connectivity index (χ1n) is 8.90. The molecule has 0 N–H and O–H groups in total. The van der Waals surface area contributed by atoms with Crippen LogP contribution in [0.1, 0.15) is 27.6 Å². The number of ether oxygens (including phenoxy) is 1. The van der Waals surface area contributed by atoms with E-state index in [-0.39, 0.29) is 0 Å². The van der Waals surface area contributed by atoms with E-state index in [1.165, 1.54) is 6.92 Å². The molecule has 0 aliphatic carbocycles. The maximum atomic E-state index is 12.5. The van der Waals surface area contributed by atoms with E-state index < -0.39 is 23.8 Å². The molecule has 3 aromatic rings. The maximum Gasteiger partial charge on any atom is 0.334 e. The van der Waals surface area contributed by atoms with Gasteiger partial charge in [-0.2, -0.15) is 0 Å². The van der Waals surface area contributed by atoms with Gasteiger partial charge >= 0.3 is 5.97 Å². The predicted octanol–water partition coefficient (Wildman–Crippen LogP) is 3.94. The Labute approximate surface area is 162 Å². The standard InChI is InChI=1S/C23H17NO4/c1-15(24-21(25)19-9-5-6-10-20(19)22(24)26)23(27)28-18-13-11-17(12-14-18)16-7-3-2-4-8-16/h2-15H,1H3/t15-/m0/s1. The SMILES string of the molecule is C[C@@H](C(=O)Oc1ccc(-c2ccccc2)cc1)N1C(=O)c2ccccc2C1=O. The van der Waals surface area contributed by atoms with Gasteiger partial charge in [0.05, 0.1) is 11.1 Å². The molecule has 0 unspecified atom stereocenters. The van der Waals surface area contributed by atoms with Crippen molar-refractivity contribution in [3.8, 4) is 16.9 Å². The Hall–Kier alpha value is -3.73. The van der Waals surface area contributed by atoms with E-state index in [4.69, 9.17) is 4.74 Å². The van der Waals surface area contributed by atoms with Crippen LogP contribution in [0.25, 0.3) is 11.1 Å². The monoisotopic (exact) mass is 371 g/mol. The molecule has 1 aliphatic rings. The van der Waals surface area contributed by atoms with E-state index >= 15 is 0 Å². The summed E-state index contributed by atoms with van der Waals surface area (Å²) in [6.07, 6.45) is 0. The molecule has 0 aromatic heterocycles. The van der Waals surface area contributed by atoms with Crippen molar-refractivity contribution in [1.29, 1.82) is 0 Å². The molecule has 3 aromatic carbocycles. The Kier molecular flexibility index (Phi) is 4.49. The molecule has 28 heavy (non-hydrogen) atoms. The molecule has 0 fully saturated rings. The van der Waals surface area contributed by atoms with Gasteiger partial charge in [-0.05, 0) is 42.3 Å². The van der Waals surface area contributed by atoms with Crippen LogP contribution in [-0.4, -0.2) is 28.7 Å². The Morgan fingerprint density at radius 1 is 0.750 bits per heavy atom. The topological polar surface area (TPSA) is 63.7 Å². The lowest BCUT2D eigenvalue weighted by Crippen LogP contribution is -2.44. The van der Waals surface area contributed by atoms with E-state index in [9.17, 15) is 14.4 Å². The molecule has 0 radical (unpaired) electrons. The number of nitrogens with zero attached hydrogens (tertiary/aromatic N) is 1. The number of carbonyl (C=O) groups excluding carboxylic acids is 3. The Bertz CT molecular complexity index is 1020. The lowest BCUT2D eigenvalue weighted by atomic mass is 10.1. The van der Waals surface area contributed by atoms with Gasteiger partial charge in [0.15, 0.2) is 0 Å². The van der Waals surface area contributed by atoms with Crippen LogP contribution in [0.5, 0.6) is 5.75 Å². The fourth-order valence-electron chi connectivity index (χ4n) is 3.21. The molecule has 5 nitrogen and oxygen atoms in total. The minimum absolute atomic E-state index is 0.305. The molecule has 5 heteroatoms. The zero-order valence-electron chi connectivity index (χ0n) is 15.2. The minimum atomic E-state index is -1.03. The first kappa shape index (κ1) is 17.7. The molecule has 0 spiro atoms. The van der Waals surface area contributed by atoms with E-state index in [1.807, 2.05) is 42.5 Å². The number of rotatable bonds is 4. The van der Waals surface area contributed by atoms with Gasteiger partial charge in [-0.1, -0.05) is 54.6 Å². The number of esters is 1. The molecule has 0 bridgehead atoms. The van der Waals surface area contributed by atoms with Crippen molar-refractivity contribution >= 4 is 17.8 Å². The van der Waals surface area contributed by atoms with Gasteiger partial charge < -0.3 is 4.74 Å². The molecule has 1 heterocycles. The summed E-state index contributed by atoms with van der Waals surface area (Å²) in [4.78, 5) is 38.5. The van der Waals surface area contributed by atoms with Crippen molar-refractivity contribution < 1.29 is 19.1 Å². The average Bonchev–Trinajstić information content (AvgIpc) is 2.99. The zero-order valence-corrected chi connectivity index (χ0v) is 15.2. The third-order valence-electron chi connectivity index (χ3n) is 4.73. The summed E-state index contributed by atoms with van der Waals surface area (Å²) in [5.74, 6) is -1.27. The second-order valence-electron chi connectivity index (χ2n) is 6.51. The van der Waals surface area contributed by atoms with Gasteiger partial charge in [-0.15, -0.1) is 0 Å². The van der Waals surface area contributed by atoms with E-state index in [1.54, 1.807) is 36.4 Å². The molecule has 1 aliphatic heterocycles. The summed E-state index contributed by atoms with van der Waals surface area (Å²) in [6, 6.07) is 22.4. The number of hydrogen-bond donors (Lipinski definition) is 0. The van der Waals surface area contributed by atoms with Crippen molar-refractivity contribution in [1.82, 2.24) is 4.90 Å². The summed E-state index contributed by atoms with van der Waals surface area (Å²) in [7, 11) is 0. The highest BCUT2D eigenvalue weighted by atomic mass is 16.5. The Morgan fingerprint density at radius 3 is 1.82 bits per heavy atom. The first-order valence-corrected chi connectivity index (χ1v) is 8.90. The van der Waals surface area contributed by atoms with Crippen LogP contribution in [-0.2, 0) is 4.79 Å². The molecule has 138 valence electrons. The fraction of sp³-hybridized carbons (Fsp3) is 0.0870. The van der Waals surface area contributed by atoms with E-state index in [0.717, 1.165) is 16.0 Å². The lowest BCUT2D eigenvalue weighted by Gasteiger charge is -2.20. The van der Waals surface area contributed by atoms with Crippen molar-refractivity contribution in [2.75, 3.05) is 0 Å². The summed E-state index contributed by atoms with van der Waals surface area (Å²) >= 11 is 0. The summed E-state index contributed by atoms with van der Waals surface area (Å²) in [5, 5.41) is 0. The van der Waals surface area contributed by atoms with E-state index in [2.05, 4.69) is 0 Å². The van der Waals surface area contributed by atoms with Gasteiger partial charge in [0.25, 0.3) is 11.8 Å². The van der Waals surface area contributed by atoms with Gasteiger partial charge in [-0.25, -0.2) is 4.79 Å². The van der Waals surface area contributed by atoms with Crippen LogP contribution in [0.3, 0.4) is 0 Å². The number of benzene rings is 3. The lowest BCUT2D eigenvalue weighted by molar-refractivity contribution is -0.138. The first-order chi connectivity index (χ1) is 13.6. The van der Waals surface area contributed by atoms with Gasteiger partial charge in [-0.3, -0.25) is 14.5 Å². The van der Waals surface area contributed by atoms with Crippen molar-refractivity contribution in [3.05, 3.63) is 90.0 Å². The second kappa shape index (κ2) is 7.12. The number of amides is 2. The van der Waals surface area contributed by atoms with Gasteiger partial charge in [0, 0.05) is 0 Å². The smallest absolute Gasteiger partial charge is 0.334 e.